The van der Waals surface area contributed by atoms with E-state index in [9.17, 15) is 9.59 Å². The minimum Gasteiger partial charge on any atom is -0.371 e. The lowest BCUT2D eigenvalue weighted by Gasteiger charge is -2.35. The number of amides is 3. The fraction of sp³-hybridized carbons (Fsp3) is 0.235. The van der Waals surface area contributed by atoms with E-state index in [4.69, 9.17) is 0 Å². The summed E-state index contributed by atoms with van der Waals surface area (Å²) in [4.78, 5) is 28.6. The van der Waals surface area contributed by atoms with Crippen molar-refractivity contribution >= 4 is 44.9 Å². The second kappa shape index (κ2) is 14.0. The van der Waals surface area contributed by atoms with E-state index >= 15 is 0 Å². The molecule has 0 saturated carbocycles. The van der Waals surface area contributed by atoms with Crippen LogP contribution in [-0.4, -0.2) is 31.6 Å². The van der Waals surface area contributed by atoms with Crippen molar-refractivity contribution in [2.24, 2.45) is 5.92 Å². The number of urea groups is 1. The Bertz CT molecular complexity index is 1450. The van der Waals surface area contributed by atoms with Gasteiger partial charge in [0.15, 0.2) is 0 Å². The average Bonchev–Trinajstić information content (AvgIpc) is 3.00. The van der Waals surface area contributed by atoms with Gasteiger partial charge in [-0.3, -0.25) is 4.79 Å². The van der Waals surface area contributed by atoms with Gasteiger partial charge in [0.05, 0.1) is 11.3 Å². The Hall–Kier alpha value is -4.10. The van der Waals surface area contributed by atoms with Crippen molar-refractivity contribution in [3.8, 4) is 0 Å². The highest BCUT2D eigenvalue weighted by Gasteiger charge is 2.24. The van der Waals surface area contributed by atoms with Crippen LogP contribution in [0.3, 0.4) is 0 Å². The Morgan fingerprint density at radius 1 is 0.780 bits per heavy atom. The van der Waals surface area contributed by atoms with Gasteiger partial charge >= 0.3 is 6.03 Å². The molecular weight excluding hydrogens is 576 g/mol. The lowest BCUT2D eigenvalue weighted by molar-refractivity contribution is 0.0954. The van der Waals surface area contributed by atoms with E-state index in [0.29, 0.717) is 29.4 Å². The zero-order chi connectivity index (χ0) is 28.4. The molecule has 5 rings (SSSR count). The molecule has 1 aliphatic rings. The first-order valence-electron chi connectivity index (χ1n) is 14.1. The van der Waals surface area contributed by atoms with Crippen molar-refractivity contribution in [2.45, 2.75) is 25.7 Å². The highest BCUT2D eigenvalue weighted by Crippen LogP contribution is 2.30. The number of hydrogen-bond acceptors (Lipinski definition) is 3. The monoisotopic (exact) mass is 610 g/mol. The van der Waals surface area contributed by atoms with Crippen LogP contribution in [0.4, 0.5) is 21.9 Å². The van der Waals surface area contributed by atoms with E-state index in [2.05, 4.69) is 79.2 Å². The lowest BCUT2D eigenvalue weighted by Crippen LogP contribution is -2.36. The van der Waals surface area contributed by atoms with Crippen LogP contribution < -0.4 is 20.9 Å². The molecule has 0 spiro atoms. The quantitative estimate of drug-likeness (QED) is 0.183. The van der Waals surface area contributed by atoms with Crippen LogP contribution in [0.5, 0.6) is 0 Å². The molecule has 0 unspecified atom stereocenters. The van der Waals surface area contributed by atoms with Gasteiger partial charge < -0.3 is 20.9 Å². The van der Waals surface area contributed by atoms with Gasteiger partial charge in [-0.25, -0.2) is 4.79 Å². The molecule has 0 aromatic heterocycles. The molecule has 210 valence electrons. The van der Waals surface area contributed by atoms with E-state index in [-0.39, 0.29) is 11.9 Å². The largest absolute Gasteiger partial charge is 0.371 e. The summed E-state index contributed by atoms with van der Waals surface area (Å²) in [5.74, 6) is 0.482. The predicted molar refractivity (Wildman–Crippen MR) is 171 cm³/mol. The van der Waals surface area contributed by atoms with Gasteiger partial charge in [0.2, 0.25) is 0 Å². The third-order valence-corrected chi connectivity index (χ3v) is 8.18. The molecule has 7 heteroatoms. The maximum atomic E-state index is 13.5. The fourth-order valence-electron chi connectivity index (χ4n) is 5.30. The summed E-state index contributed by atoms with van der Waals surface area (Å²) in [6.07, 6.45) is 3.97. The Kier molecular flexibility index (Phi) is 9.70. The SMILES string of the molecule is O=C(Nc1ccc(N2CCC(Cc3ccccc3)CC2)c(C(=O)NCCc2ccccc2)c1)Nc1ccccc1Br. The minimum atomic E-state index is -0.373. The van der Waals surface area contributed by atoms with E-state index in [0.717, 1.165) is 48.9 Å². The van der Waals surface area contributed by atoms with Crippen molar-refractivity contribution in [2.75, 3.05) is 35.2 Å². The van der Waals surface area contributed by atoms with Crippen LogP contribution in [0.2, 0.25) is 0 Å². The second-order valence-corrected chi connectivity index (χ2v) is 11.3. The number of nitrogens with zero attached hydrogens (tertiary/aromatic N) is 1. The first-order valence-corrected chi connectivity index (χ1v) is 14.9. The third-order valence-electron chi connectivity index (χ3n) is 7.49. The van der Waals surface area contributed by atoms with E-state index in [1.807, 2.05) is 54.6 Å². The first-order chi connectivity index (χ1) is 20.0. The number of nitrogens with one attached hydrogen (secondary N) is 3. The predicted octanol–water partition coefficient (Wildman–Crippen LogP) is 7.52. The van der Waals surface area contributed by atoms with Crippen LogP contribution in [0.1, 0.15) is 34.3 Å². The number of anilines is 3. The normalized spacial score (nSPS) is 13.4. The van der Waals surface area contributed by atoms with Crippen LogP contribution in [0.25, 0.3) is 0 Å². The summed E-state index contributed by atoms with van der Waals surface area (Å²) in [5.41, 5.74) is 5.24. The summed E-state index contributed by atoms with van der Waals surface area (Å²) in [7, 11) is 0. The molecule has 1 saturated heterocycles. The fourth-order valence-corrected chi connectivity index (χ4v) is 5.69. The molecule has 1 aliphatic heterocycles. The Morgan fingerprint density at radius 3 is 2.15 bits per heavy atom. The second-order valence-electron chi connectivity index (χ2n) is 10.4. The molecule has 1 heterocycles. The van der Waals surface area contributed by atoms with Gasteiger partial charge in [0, 0.05) is 35.5 Å². The summed E-state index contributed by atoms with van der Waals surface area (Å²) in [5, 5.41) is 8.84. The summed E-state index contributed by atoms with van der Waals surface area (Å²) in [6.45, 7) is 2.30. The molecular formula is C34H35BrN4O2. The molecule has 41 heavy (non-hydrogen) atoms. The van der Waals surface area contributed by atoms with E-state index in [1.54, 1.807) is 6.07 Å². The van der Waals surface area contributed by atoms with Gasteiger partial charge in [0.1, 0.15) is 0 Å². The van der Waals surface area contributed by atoms with Crippen molar-refractivity contribution < 1.29 is 9.59 Å². The Morgan fingerprint density at radius 2 is 1.44 bits per heavy atom. The van der Waals surface area contributed by atoms with Gasteiger partial charge in [-0.15, -0.1) is 0 Å². The Balaban J connectivity index is 1.28. The van der Waals surface area contributed by atoms with E-state index in [1.165, 1.54) is 11.1 Å². The number of benzene rings is 4. The topological polar surface area (TPSA) is 73.5 Å². The van der Waals surface area contributed by atoms with Crippen LogP contribution >= 0.6 is 15.9 Å². The van der Waals surface area contributed by atoms with Gasteiger partial charge in [-0.1, -0.05) is 72.8 Å². The zero-order valence-electron chi connectivity index (χ0n) is 23.0. The molecule has 0 atom stereocenters. The zero-order valence-corrected chi connectivity index (χ0v) is 24.6. The molecule has 0 bridgehead atoms. The number of para-hydroxylation sites is 1. The van der Waals surface area contributed by atoms with Gasteiger partial charge in [-0.05, 0) is 89.0 Å². The van der Waals surface area contributed by atoms with Crippen molar-refractivity contribution in [3.05, 3.63) is 124 Å². The smallest absolute Gasteiger partial charge is 0.323 e. The maximum absolute atomic E-state index is 13.5. The molecule has 3 N–H and O–H groups in total. The van der Waals surface area contributed by atoms with Crippen LogP contribution in [-0.2, 0) is 12.8 Å². The van der Waals surface area contributed by atoms with Crippen LogP contribution in [0.15, 0.2) is 108 Å². The number of hydrogen-bond donors (Lipinski definition) is 3. The standard InChI is InChI=1S/C34H35BrN4O2/c35-30-13-7-8-14-31(30)38-34(41)37-28-15-16-32(29(24-28)33(40)36-20-17-25-9-3-1-4-10-25)39-21-18-27(19-22-39)23-26-11-5-2-6-12-26/h1-16,24,27H,17-23H2,(H,36,40)(H2,37,38,41). The molecule has 6 nitrogen and oxygen atoms in total. The minimum absolute atomic E-state index is 0.141. The van der Waals surface area contributed by atoms with Crippen molar-refractivity contribution in [3.63, 3.8) is 0 Å². The molecule has 3 amide bonds. The molecule has 1 fully saturated rings. The molecule has 0 aliphatic carbocycles. The van der Waals surface area contributed by atoms with Gasteiger partial charge in [-0.2, -0.15) is 0 Å². The van der Waals surface area contributed by atoms with Crippen LogP contribution in [0, 0.1) is 5.92 Å². The summed E-state index contributed by atoms with van der Waals surface area (Å²) < 4.78 is 0.791. The average molecular weight is 612 g/mol. The highest BCUT2D eigenvalue weighted by atomic mass is 79.9. The van der Waals surface area contributed by atoms with Crippen molar-refractivity contribution in [1.82, 2.24) is 5.32 Å². The maximum Gasteiger partial charge on any atom is 0.323 e. The number of carbonyl (C=O) groups excluding carboxylic acids is 2. The summed E-state index contributed by atoms with van der Waals surface area (Å²) in [6, 6.07) is 33.4. The molecule has 0 radical (unpaired) electrons. The number of halogens is 1. The molecule has 4 aromatic carbocycles. The highest BCUT2D eigenvalue weighted by molar-refractivity contribution is 9.10. The lowest BCUT2D eigenvalue weighted by atomic mass is 9.89. The summed E-state index contributed by atoms with van der Waals surface area (Å²) >= 11 is 3.46. The van der Waals surface area contributed by atoms with Gasteiger partial charge in [0.25, 0.3) is 5.91 Å². The molecule has 4 aromatic rings. The van der Waals surface area contributed by atoms with E-state index < -0.39 is 0 Å². The Labute approximate surface area is 250 Å². The number of piperidine rings is 1. The number of carbonyl (C=O) groups is 2. The third kappa shape index (κ3) is 7.98. The van der Waals surface area contributed by atoms with Crippen molar-refractivity contribution in [1.29, 1.82) is 0 Å². The number of rotatable bonds is 9. The first kappa shape index (κ1) is 28.4.